The van der Waals surface area contributed by atoms with Crippen molar-refractivity contribution in [3.05, 3.63) is 88.6 Å². The highest BCUT2D eigenvalue weighted by Gasteiger charge is 2.16. The summed E-state index contributed by atoms with van der Waals surface area (Å²) < 4.78 is 0. The van der Waals surface area contributed by atoms with Gasteiger partial charge in [-0.3, -0.25) is 0 Å². The van der Waals surface area contributed by atoms with Crippen LogP contribution in [0.15, 0.2) is 83.0 Å². The third-order valence-corrected chi connectivity index (χ3v) is 3.68. The van der Waals surface area contributed by atoms with Crippen molar-refractivity contribution >= 4 is 5.57 Å². The van der Waals surface area contributed by atoms with Gasteiger partial charge in [0.25, 0.3) is 0 Å². The summed E-state index contributed by atoms with van der Waals surface area (Å²) in [5.74, 6) is 0. The SMILES string of the molecule is CC(C)=C1C=CC=C1C1=CC(c2ccccc2)=CC1. The Hall–Kier alpha value is -2.08. The first-order valence-electron chi connectivity index (χ1n) is 6.78. The standard InChI is InChI=1S/C19H18/c1-14(2)18-9-6-10-19(18)17-12-11-16(13-17)15-7-4-3-5-8-15/h3-11,13H,12H2,1-2H3. The van der Waals surface area contributed by atoms with Gasteiger partial charge in [0.05, 0.1) is 0 Å². The van der Waals surface area contributed by atoms with Crippen LogP contribution in [-0.4, -0.2) is 0 Å². The van der Waals surface area contributed by atoms with Gasteiger partial charge in [-0.2, -0.15) is 0 Å². The maximum Gasteiger partial charge on any atom is -0.00819 e. The van der Waals surface area contributed by atoms with Gasteiger partial charge in [-0.1, -0.05) is 66.3 Å². The van der Waals surface area contributed by atoms with Crippen LogP contribution in [0.5, 0.6) is 0 Å². The molecule has 0 heterocycles. The first-order chi connectivity index (χ1) is 9.25. The number of hydrogen-bond donors (Lipinski definition) is 0. The van der Waals surface area contributed by atoms with Crippen molar-refractivity contribution in [2.75, 3.05) is 0 Å². The maximum absolute atomic E-state index is 2.33. The van der Waals surface area contributed by atoms with Crippen molar-refractivity contribution in [2.24, 2.45) is 0 Å². The molecule has 1 aromatic carbocycles. The molecular formula is C19H18. The van der Waals surface area contributed by atoms with Crippen LogP contribution in [0.2, 0.25) is 0 Å². The molecule has 0 aliphatic heterocycles. The van der Waals surface area contributed by atoms with E-state index in [-0.39, 0.29) is 0 Å². The molecule has 0 atom stereocenters. The Kier molecular flexibility index (Phi) is 3.08. The zero-order chi connectivity index (χ0) is 13.2. The van der Waals surface area contributed by atoms with E-state index in [2.05, 4.69) is 74.6 Å². The molecule has 0 saturated heterocycles. The van der Waals surface area contributed by atoms with Gasteiger partial charge in [-0.05, 0) is 48.1 Å². The van der Waals surface area contributed by atoms with Crippen LogP contribution in [0, 0.1) is 0 Å². The van der Waals surface area contributed by atoms with E-state index >= 15 is 0 Å². The van der Waals surface area contributed by atoms with E-state index in [0.717, 1.165) is 6.42 Å². The number of allylic oxidation sites excluding steroid dienone is 10. The predicted octanol–water partition coefficient (Wildman–Crippen LogP) is 5.23. The molecule has 0 fully saturated rings. The minimum atomic E-state index is 1.04. The highest BCUT2D eigenvalue weighted by Crippen LogP contribution is 2.36. The lowest BCUT2D eigenvalue weighted by Crippen LogP contribution is -1.89. The van der Waals surface area contributed by atoms with Gasteiger partial charge in [0.1, 0.15) is 0 Å². The van der Waals surface area contributed by atoms with Crippen LogP contribution in [0.4, 0.5) is 0 Å². The summed E-state index contributed by atoms with van der Waals surface area (Å²) in [6.07, 6.45) is 12.3. The molecule has 94 valence electrons. The van der Waals surface area contributed by atoms with E-state index in [4.69, 9.17) is 0 Å². The molecule has 2 aliphatic carbocycles. The van der Waals surface area contributed by atoms with Crippen molar-refractivity contribution in [2.45, 2.75) is 20.3 Å². The maximum atomic E-state index is 2.33. The predicted molar refractivity (Wildman–Crippen MR) is 82.7 cm³/mol. The molecule has 0 amide bonds. The number of benzene rings is 1. The Bertz CT molecular complexity index is 643. The molecule has 1 aromatic rings. The lowest BCUT2D eigenvalue weighted by atomic mass is 9.96. The van der Waals surface area contributed by atoms with Crippen LogP contribution < -0.4 is 0 Å². The monoisotopic (exact) mass is 246 g/mol. The zero-order valence-corrected chi connectivity index (χ0v) is 11.5. The van der Waals surface area contributed by atoms with Crippen LogP contribution in [-0.2, 0) is 0 Å². The first-order valence-corrected chi connectivity index (χ1v) is 6.78. The van der Waals surface area contributed by atoms with Crippen molar-refractivity contribution in [3.63, 3.8) is 0 Å². The Morgan fingerprint density at radius 1 is 1.05 bits per heavy atom. The molecule has 3 rings (SSSR count). The number of hydrogen-bond acceptors (Lipinski definition) is 0. The Balaban J connectivity index is 1.90. The molecule has 0 nitrogen and oxygen atoms in total. The molecule has 19 heavy (non-hydrogen) atoms. The van der Waals surface area contributed by atoms with Gasteiger partial charge in [0, 0.05) is 0 Å². The van der Waals surface area contributed by atoms with Gasteiger partial charge in [0.2, 0.25) is 0 Å². The van der Waals surface area contributed by atoms with Crippen molar-refractivity contribution < 1.29 is 0 Å². The van der Waals surface area contributed by atoms with Gasteiger partial charge in [-0.15, -0.1) is 0 Å². The lowest BCUT2D eigenvalue weighted by Gasteiger charge is -2.08. The summed E-state index contributed by atoms with van der Waals surface area (Å²) in [7, 11) is 0. The molecule has 0 saturated carbocycles. The highest BCUT2D eigenvalue weighted by atomic mass is 14.2. The second-order valence-corrected chi connectivity index (χ2v) is 5.25. The van der Waals surface area contributed by atoms with E-state index in [1.54, 1.807) is 0 Å². The van der Waals surface area contributed by atoms with Crippen LogP contribution in [0.1, 0.15) is 25.8 Å². The molecule has 0 unspecified atom stereocenters. The average molecular weight is 246 g/mol. The summed E-state index contributed by atoms with van der Waals surface area (Å²) in [6.45, 7) is 4.36. The van der Waals surface area contributed by atoms with E-state index in [1.165, 1.54) is 33.4 Å². The van der Waals surface area contributed by atoms with E-state index in [0.29, 0.717) is 0 Å². The quantitative estimate of drug-likeness (QED) is 0.670. The largest absolute Gasteiger partial charge is 0.0722 e. The van der Waals surface area contributed by atoms with E-state index in [9.17, 15) is 0 Å². The molecule has 0 radical (unpaired) electrons. The fraction of sp³-hybridized carbons (Fsp3) is 0.158. The average Bonchev–Trinajstić information content (AvgIpc) is 3.08. The van der Waals surface area contributed by atoms with Crippen LogP contribution in [0.3, 0.4) is 0 Å². The van der Waals surface area contributed by atoms with Gasteiger partial charge in [-0.25, -0.2) is 0 Å². The van der Waals surface area contributed by atoms with Gasteiger partial charge in [0.15, 0.2) is 0 Å². The van der Waals surface area contributed by atoms with Crippen molar-refractivity contribution in [1.82, 2.24) is 0 Å². The molecule has 0 heteroatoms. The third-order valence-electron chi connectivity index (χ3n) is 3.68. The molecule has 0 aromatic heterocycles. The van der Waals surface area contributed by atoms with Crippen molar-refractivity contribution in [3.8, 4) is 0 Å². The van der Waals surface area contributed by atoms with Crippen LogP contribution >= 0.6 is 0 Å². The number of rotatable bonds is 2. The Morgan fingerprint density at radius 3 is 2.58 bits per heavy atom. The second kappa shape index (κ2) is 4.89. The third kappa shape index (κ3) is 2.26. The fourth-order valence-electron chi connectivity index (χ4n) is 2.68. The Morgan fingerprint density at radius 2 is 1.84 bits per heavy atom. The van der Waals surface area contributed by atoms with E-state index < -0.39 is 0 Å². The van der Waals surface area contributed by atoms with Gasteiger partial charge >= 0.3 is 0 Å². The molecule has 0 N–H and O–H groups in total. The van der Waals surface area contributed by atoms with Crippen molar-refractivity contribution in [1.29, 1.82) is 0 Å². The van der Waals surface area contributed by atoms with Gasteiger partial charge < -0.3 is 0 Å². The summed E-state index contributed by atoms with van der Waals surface area (Å²) >= 11 is 0. The zero-order valence-electron chi connectivity index (χ0n) is 11.5. The second-order valence-electron chi connectivity index (χ2n) is 5.25. The Labute approximate surface area is 115 Å². The molecular weight excluding hydrogens is 228 g/mol. The minimum absolute atomic E-state index is 1.04. The molecule has 0 spiro atoms. The highest BCUT2D eigenvalue weighted by molar-refractivity contribution is 5.80. The molecule has 0 bridgehead atoms. The smallest absolute Gasteiger partial charge is 0.00819 e. The molecule has 2 aliphatic rings. The summed E-state index contributed by atoms with van der Waals surface area (Å²) in [5.41, 5.74) is 8.24. The first kappa shape index (κ1) is 12.0. The summed E-state index contributed by atoms with van der Waals surface area (Å²) in [5, 5.41) is 0. The van der Waals surface area contributed by atoms with E-state index in [1.807, 2.05) is 0 Å². The summed E-state index contributed by atoms with van der Waals surface area (Å²) in [4.78, 5) is 0. The lowest BCUT2D eigenvalue weighted by molar-refractivity contribution is 1.24. The minimum Gasteiger partial charge on any atom is -0.0722 e. The van der Waals surface area contributed by atoms with Crippen LogP contribution in [0.25, 0.3) is 5.57 Å². The topological polar surface area (TPSA) is 0 Å². The summed E-state index contributed by atoms with van der Waals surface area (Å²) in [6, 6.07) is 10.6. The fourth-order valence-corrected chi connectivity index (χ4v) is 2.68. The normalized spacial score (nSPS) is 17.4.